The van der Waals surface area contributed by atoms with Crippen LogP contribution in [0, 0.1) is 0 Å². The molecule has 2 atom stereocenters. The minimum Gasteiger partial charge on any atom is -0.425 e. The summed E-state index contributed by atoms with van der Waals surface area (Å²) in [6, 6.07) is 0.0545. The molecule has 1 aromatic heterocycles. The first-order valence-corrected chi connectivity index (χ1v) is 9.17. The molecule has 0 fully saturated rings. The SMILES string of the molecule is CCCN(C(=O)OC(C)OC(=O)CC)C1CCc2nc(N)sc2C1. The van der Waals surface area contributed by atoms with Crippen LogP contribution in [0.3, 0.4) is 0 Å². The Hall–Kier alpha value is -1.83. The number of carbonyl (C=O) groups is 2. The van der Waals surface area contributed by atoms with Gasteiger partial charge in [0.15, 0.2) is 5.13 Å². The summed E-state index contributed by atoms with van der Waals surface area (Å²) in [5.74, 6) is -0.389. The largest absolute Gasteiger partial charge is 0.425 e. The monoisotopic (exact) mass is 355 g/mol. The van der Waals surface area contributed by atoms with E-state index in [0.29, 0.717) is 11.7 Å². The van der Waals surface area contributed by atoms with Gasteiger partial charge in [-0.05, 0) is 19.3 Å². The third kappa shape index (κ3) is 4.59. The molecule has 0 saturated heterocycles. The van der Waals surface area contributed by atoms with Crippen LogP contribution in [0.15, 0.2) is 0 Å². The third-order valence-electron chi connectivity index (χ3n) is 3.92. The maximum atomic E-state index is 12.5. The Morgan fingerprint density at radius 1 is 1.42 bits per heavy atom. The average molecular weight is 355 g/mol. The number of nitrogen functional groups attached to an aromatic ring is 1. The first kappa shape index (κ1) is 18.5. The van der Waals surface area contributed by atoms with Gasteiger partial charge in [-0.1, -0.05) is 13.8 Å². The number of carbonyl (C=O) groups excluding carboxylic acids is 2. The molecule has 0 saturated carbocycles. The molecule has 1 aliphatic carbocycles. The van der Waals surface area contributed by atoms with Crippen LogP contribution in [-0.4, -0.2) is 40.8 Å². The molecule has 8 heteroatoms. The van der Waals surface area contributed by atoms with Crippen molar-refractivity contribution in [1.82, 2.24) is 9.88 Å². The number of aryl methyl sites for hydroxylation is 1. The van der Waals surface area contributed by atoms with Crippen molar-refractivity contribution in [3.05, 3.63) is 10.6 Å². The normalized spacial score (nSPS) is 17.7. The van der Waals surface area contributed by atoms with E-state index in [1.807, 2.05) is 6.92 Å². The van der Waals surface area contributed by atoms with Crippen molar-refractivity contribution in [3.63, 3.8) is 0 Å². The van der Waals surface area contributed by atoms with Gasteiger partial charge < -0.3 is 20.1 Å². The zero-order valence-corrected chi connectivity index (χ0v) is 15.2. The fourth-order valence-electron chi connectivity index (χ4n) is 2.81. The van der Waals surface area contributed by atoms with Crippen molar-refractivity contribution >= 4 is 28.5 Å². The van der Waals surface area contributed by atoms with Crippen LogP contribution in [0.2, 0.25) is 0 Å². The number of hydrogen-bond acceptors (Lipinski definition) is 7. The number of anilines is 1. The molecule has 0 aromatic carbocycles. The smallest absolute Gasteiger partial charge is 0.413 e. The first-order chi connectivity index (χ1) is 11.4. The zero-order valence-electron chi connectivity index (χ0n) is 14.4. The molecule has 1 heterocycles. The van der Waals surface area contributed by atoms with Crippen molar-refractivity contribution in [2.24, 2.45) is 0 Å². The van der Waals surface area contributed by atoms with Crippen molar-refractivity contribution in [3.8, 4) is 0 Å². The van der Waals surface area contributed by atoms with Crippen molar-refractivity contribution < 1.29 is 19.1 Å². The number of amides is 1. The lowest BCUT2D eigenvalue weighted by Crippen LogP contribution is -2.45. The molecule has 1 aromatic rings. The summed E-state index contributed by atoms with van der Waals surface area (Å²) >= 11 is 1.48. The van der Waals surface area contributed by atoms with Crippen LogP contribution in [-0.2, 0) is 27.1 Å². The Morgan fingerprint density at radius 3 is 2.83 bits per heavy atom. The zero-order chi connectivity index (χ0) is 17.7. The van der Waals surface area contributed by atoms with E-state index in [0.717, 1.165) is 36.3 Å². The summed E-state index contributed by atoms with van der Waals surface area (Å²) in [6.45, 7) is 5.86. The Kier molecular flexibility index (Phi) is 6.42. The van der Waals surface area contributed by atoms with Gasteiger partial charge in [0, 0.05) is 37.2 Å². The van der Waals surface area contributed by atoms with Gasteiger partial charge in [0.05, 0.1) is 5.69 Å². The van der Waals surface area contributed by atoms with Gasteiger partial charge in [-0.3, -0.25) is 4.79 Å². The summed E-state index contributed by atoms with van der Waals surface area (Å²) < 4.78 is 10.3. The molecule has 2 rings (SSSR count). The van der Waals surface area contributed by atoms with Gasteiger partial charge >= 0.3 is 12.1 Å². The van der Waals surface area contributed by atoms with Gasteiger partial charge in [0.2, 0.25) is 6.29 Å². The van der Waals surface area contributed by atoms with E-state index in [9.17, 15) is 9.59 Å². The van der Waals surface area contributed by atoms with Crippen LogP contribution in [0.4, 0.5) is 9.93 Å². The first-order valence-electron chi connectivity index (χ1n) is 8.35. The number of thiazole rings is 1. The highest BCUT2D eigenvalue weighted by Gasteiger charge is 2.31. The molecule has 134 valence electrons. The van der Waals surface area contributed by atoms with Crippen LogP contribution >= 0.6 is 11.3 Å². The number of esters is 1. The summed E-state index contributed by atoms with van der Waals surface area (Å²) in [7, 11) is 0. The fourth-order valence-corrected chi connectivity index (χ4v) is 3.76. The predicted molar refractivity (Wildman–Crippen MR) is 91.7 cm³/mol. The molecule has 0 spiro atoms. The molecule has 0 bridgehead atoms. The number of nitrogens with two attached hydrogens (primary N) is 1. The minimum absolute atomic E-state index is 0.0545. The second-order valence-corrected chi connectivity index (χ2v) is 6.92. The molecule has 2 unspecified atom stereocenters. The van der Waals surface area contributed by atoms with E-state index >= 15 is 0 Å². The maximum Gasteiger partial charge on any atom is 0.413 e. The average Bonchev–Trinajstić information content (AvgIpc) is 2.91. The number of fused-ring (bicyclic) bond motifs is 1. The number of aromatic nitrogens is 1. The van der Waals surface area contributed by atoms with Crippen LogP contribution in [0.25, 0.3) is 0 Å². The molecular formula is C16H25N3O4S. The van der Waals surface area contributed by atoms with Crippen molar-refractivity contribution in [2.75, 3.05) is 12.3 Å². The van der Waals surface area contributed by atoms with Crippen LogP contribution in [0.5, 0.6) is 0 Å². The van der Waals surface area contributed by atoms with Crippen molar-refractivity contribution in [1.29, 1.82) is 0 Å². The Bertz CT molecular complexity index is 590. The van der Waals surface area contributed by atoms with Gasteiger partial charge in [-0.2, -0.15) is 0 Å². The molecule has 7 nitrogen and oxygen atoms in total. The van der Waals surface area contributed by atoms with Crippen LogP contribution < -0.4 is 5.73 Å². The Labute approximate surface area is 146 Å². The highest BCUT2D eigenvalue weighted by Crippen LogP contribution is 2.30. The van der Waals surface area contributed by atoms with E-state index in [1.165, 1.54) is 11.3 Å². The van der Waals surface area contributed by atoms with Crippen LogP contribution in [0.1, 0.15) is 50.6 Å². The molecule has 1 aliphatic rings. The molecular weight excluding hydrogens is 330 g/mol. The number of ether oxygens (including phenoxy) is 2. The van der Waals surface area contributed by atoms with Gasteiger partial charge in [0.1, 0.15) is 0 Å². The summed E-state index contributed by atoms with van der Waals surface area (Å²) in [6.07, 6.45) is 2.12. The van der Waals surface area contributed by atoms with Gasteiger partial charge in [0.25, 0.3) is 0 Å². The Morgan fingerprint density at radius 2 is 2.17 bits per heavy atom. The maximum absolute atomic E-state index is 12.5. The highest BCUT2D eigenvalue weighted by molar-refractivity contribution is 7.15. The lowest BCUT2D eigenvalue weighted by molar-refractivity contribution is -0.166. The van der Waals surface area contributed by atoms with E-state index in [1.54, 1.807) is 18.7 Å². The second-order valence-electron chi connectivity index (χ2n) is 5.81. The summed E-state index contributed by atoms with van der Waals surface area (Å²) in [5, 5.41) is 0.574. The van der Waals surface area contributed by atoms with Crippen molar-refractivity contribution in [2.45, 2.75) is 65.2 Å². The number of rotatable bonds is 6. The topological polar surface area (TPSA) is 94.8 Å². The predicted octanol–water partition coefficient (Wildman–Crippen LogP) is 2.73. The number of nitrogens with zero attached hydrogens (tertiary/aromatic N) is 2. The van der Waals surface area contributed by atoms with E-state index in [4.69, 9.17) is 15.2 Å². The van der Waals surface area contributed by atoms with E-state index < -0.39 is 12.4 Å². The Balaban J connectivity index is 2.00. The molecule has 0 radical (unpaired) electrons. The standard InChI is InChI=1S/C16H25N3O4S/c1-4-8-19(16(21)23-10(3)22-14(20)5-2)11-6-7-12-13(9-11)24-15(17)18-12/h10-11H,4-9H2,1-3H3,(H2,17,18). The molecule has 2 N–H and O–H groups in total. The molecule has 24 heavy (non-hydrogen) atoms. The quantitative estimate of drug-likeness (QED) is 0.623. The van der Waals surface area contributed by atoms with E-state index in [2.05, 4.69) is 4.98 Å². The highest BCUT2D eigenvalue weighted by atomic mass is 32.1. The summed E-state index contributed by atoms with van der Waals surface area (Å²) in [5.41, 5.74) is 6.82. The lowest BCUT2D eigenvalue weighted by atomic mass is 9.96. The van der Waals surface area contributed by atoms with E-state index in [-0.39, 0.29) is 18.4 Å². The number of hydrogen-bond donors (Lipinski definition) is 1. The van der Waals surface area contributed by atoms with Gasteiger partial charge in [-0.25, -0.2) is 9.78 Å². The minimum atomic E-state index is -0.887. The lowest BCUT2D eigenvalue weighted by Gasteiger charge is -2.33. The molecule has 0 aliphatic heterocycles. The third-order valence-corrected chi connectivity index (χ3v) is 4.87. The summed E-state index contributed by atoms with van der Waals surface area (Å²) in [4.78, 5) is 31.0. The second kappa shape index (κ2) is 8.32. The fraction of sp³-hybridized carbons (Fsp3) is 0.688. The molecule has 1 amide bonds. The van der Waals surface area contributed by atoms with Gasteiger partial charge in [-0.15, -0.1) is 11.3 Å².